The van der Waals surface area contributed by atoms with Crippen molar-refractivity contribution in [2.75, 3.05) is 4.72 Å². The number of halogens is 1. The van der Waals surface area contributed by atoms with Crippen LogP contribution in [-0.2, 0) is 10.0 Å². The predicted octanol–water partition coefficient (Wildman–Crippen LogP) is 2.96. The number of para-hydroxylation sites is 1. The third kappa shape index (κ3) is 2.65. The molecule has 0 aromatic heterocycles. The Morgan fingerprint density at radius 1 is 1.00 bits per heavy atom. The van der Waals surface area contributed by atoms with E-state index < -0.39 is 10.0 Å². The van der Waals surface area contributed by atoms with Gasteiger partial charge in [0.2, 0.25) is 0 Å². The number of anilines is 1. The Bertz CT molecular complexity index is 656. The number of hydrogen-bond acceptors (Lipinski definition) is 3. The van der Waals surface area contributed by atoms with Crippen LogP contribution in [0.2, 0.25) is 0 Å². The standard InChI is InChI=1S/C12H10BrNO3S/c13-10-7-4-8-11(12(10)15)14-18(16,17)9-5-2-1-3-6-9/h1-8,14-15H. The van der Waals surface area contributed by atoms with E-state index in [1.165, 1.54) is 18.2 Å². The van der Waals surface area contributed by atoms with Crippen molar-refractivity contribution in [3.63, 3.8) is 0 Å². The molecule has 0 unspecified atom stereocenters. The van der Waals surface area contributed by atoms with Gasteiger partial charge >= 0.3 is 0 Å². The van der Waals surface area contributed by atoms with Gasteiger partial charge in [-0.1, -0.05) is 24.3 Å². The first-order valence-corrected chi connectivity index (χ1v) is 7.34. The summed E-state index contributed by atoms with van der Waals surface area (Å²) in [5.74, 6) is -0.142. The van der Waals surface area contributed by atoms with Crippen LogP contribution >= 0.6 is 15.9 Å². The molecule has 0 aliphatic rings. The molecule has 0 heterocycles. The average molecular weight is 328 g/mol. The SMILES string of the molecule is O=S(=O)(Nc1cccc(Br)c1O)c1ccccc1. The van der Waals surface area contributed by atoms with Crippen molar-refractivity contribution in [3.05, 3.63) is 53.0 Å². The molecule has 0 aliphatic heterocycles. The Hall–Kier alpha value is -1.53. The van der Waals surface area contributed by atoms with E-state index in [-0.39, 0.29) is 16.3 Å². The number of phenols is 1. The first kappa shape index (κ1) is 12.9. The van der Waals surface area contributed by atoms with Crippen LogP contribution < -0.4 is 4.72 Å². The fourth-order valence-electron chi connectivity index (χ4n) is 1.40. The topological polar surface area (TPSA) is 66.4 Å². The fourth-order valence-corrected chi connectivity index (χ4v) is 2.85. The summed E-state index contributed by atoms with van der Waals surface area (Å²) in [6.07, 6.45) is 0. The van der Waals surface area contributed by atoms with Crippen molar-refractivity contribution in [2.45, 2.75) is 4.90 Å². The number of phenolic OH excluding ortho intramolecular Hbond substituents is 1. The zero-order chi connectivity index (χ0) is 13.2. The van der Waals surface area contributed by atoms with Gasteiger partial charge in [0.15, 0.2) is 5.75 Å². The number of sulfonamides is 1. The molecule has 0 fully saturated rings. The van der Waals surface area contributed by atoms with E-state index in [0.29, 0.717) is 4.47 Å². The van der Waals surface area contributed by atoms with Crippen molar-refractivity contribution in [2.24, 2.45) is 0 Å². The van der Waals surface area contributed by atoms with Crippen molar-refractivity contribution in [1.29, 1.82) is 0 Å². The predicted molar refractivity (Wildman–Crippen MR) is 73.1 cm³/mol. The van der Waals surface area contributed by atoms with E-state index in [0.717, 1.165) is 0 Å². The zero-order valence-corrected chi connectivity index (χ0v) is 11.6. The molecule has 0 atom stereocenters. The van der Waals surface area contributed by atoms with Gasteiger partial charge < -0.3 is 5.11 Å². The van der Waals surface area contributed by atoms with Gasteiger partial charge in [0.25, 0.3) is 10.0 Å². The fraction of sp³-hybridized carbons (Fsp3) is 0. The summed E-state index contributed by atoms with van der Waals surface area (Å²) in [6, 6.07) is 12.7. The Labute approximate surface area is 113 Å². The summed E-state index contributed by atoms with van der Waals surface area (Å²) >= 11 is 3.13. The lowest BCUT2D eigenvalue weighted by Gasteiger charge is -2.10. The third-order valence-corrected chi connectivity index (χ3v) is 4.31. The van der Waals surface area contributed by atoms with Gasteiger partial charge in [0, 0.05) is 0 Å². The van der Waals surface area contributed by atoms with Crippen LogP contribution in [0.1, 0.15) is 0 Å². The molecule has 2 aromatic rings. The molecular formula is C12H10BrNO3S. The minimum atomic E-state index is -3.68. The molecule has 0 bridgehead atoms. The van der Waals surface area contributed by atoms with Gasteiger partial charge in [0.1, 0.15) is 0 Å². The molecule has 0 spiro atoms. The normalized spacial score (nSPS) is 11.2. The van der Waals surface area contributed by atoms with Gasteiger partial charge in [-0.15, -0.1) is 0 Å². The van der Waals surface area contributed by atoms with E-state index in [9.17, 15) is 13.5 Å². The molecule has 0 radical (unpaired) electrons. The van der Waals surface area contributed by atoms with Crippen molar-refractivity contribution >= 4 is 31.6 Å². The zero-order valence-electron chi connectivity index (χ0n) is 9.17. The molecule has 0 saturated carbocycles. The third-order valence-electron chi connectivity index (χ3n) is 2.28. The van der Waals surface area contributed by atoms with Gasteiger partial charge in [-0.3, -0.25) is 4.72 Å². The second-order valence-electron chi connectivity index (χ2n) is 3.55. The minimum Gasteiger partial charge on any atom is -0.505 e. The van der Waals surface area contributed by atoms with Gasteiger partial charge in [-0.25, -0.2) is 8.42 Å². The summed E-state index contributed by atoms with van der Waals surface area (Å²) in [5, 5.41) is 9.73. The molecule has 18 heavy (non-hydrogen) atoms. The van der Waals surface area contributed by atoms with Crippen molar-refractivity contribution < 1.29 is 13.5 Å². The van der Waals surface area contributed by atoms with Crippen LogP contribution in [0.25, 0.3) is 0 Å². The van der Waals surface area contributed by atoms with Crippen LogP contribution in [-0.4, -0.2) is 13.5 Å². The highest BCUT2D eigenvalue weighted by Crippen LogP contribution is 2.32. The van der Waals surface area contributed by atoms with E-state index >= 15 is 0 Å². The first-order valence-electron chi connectivity index (χ1n) is 5.06. The maximum Gasteiger partial charge on any atom is 0.262 e. The van der Waals surface area contributed by atoms with Gasteiger partial charge in [0.05, 0.1) is 15.1 Å². The number of nitrogens with one attached hydrogen (secondary N) is 1. The monoisotopic (exact) mass is 327 g/mol. The van der Waals surface area contributed by atoms with Crippen LogP contribution in [0.15, 0.2) is 57.9 Å². The van der Waals surface area contributed by atoms with E-state index in [2.05, 4.69) is 20.7 Å². The van der Waals surface area contributed by atoms with Crippen LogP contribution in [0.3, 0.4) is 0 Å². The number of benzene rings is 2. The number of hydrogen-bond donors (Lipinski definition) is 2. The Balaban J connectivity index is 2.37. The lowest BCUT2D eigenvalue weighted by Crippen LogP contribution is -2.12. The lowest BCUT2D eigenvalue weighted by molar-refractivity contribution is 0.474. The van der Waals surface area contributed by atoms with E-state index in [1.54, 1.807) is 30.3 Å². The van der Waals surface area contributed by atoms with Crippen molar-refractivity contribution in [1.82, 2.24) is 0 Å². The van der Waals surface area contributed by atoms with Crippen molar-refractivity contribution in [3.8, 4) is 5.75 Å². The number of aromatic hydroxyl groups is 1. The highest BCUT2D eigenvalue weighted by Gasteiger charge is 2.16. The summed E-state index contributed by atoms with van der Waals surface area (Å²) in [6.45, 7) is 0. The first-order chi connectivity index (χ1) is 8.50. The summed E-state index contributed by atoms with van der Waals surface area (Å²) < 4.78 is 26.8. The van der Waals surface area contributed by atoms with Crippen LogP contribution in [0, 0.1) is 0 Å². The average Bonchev–Trinajstić information content (AvgIpc) is 2.36. The quantitative estimate of drug-likeness (QED) is 0.852. The molecule has 2 N–H and O–H groups in total. The second kappa shape index (κ2) is 4.99. The highest BCUT2D eigenvalue weighted by atomic mass is 79.9. The maximum absolute atomic E-state index is 12.0. The largest absolute Gasteiger partial charge is 0.505 e. The Morgan fingerprint density at radius 3 is 2.33 bits per heavy atom. The van der Waals surface area contributed by atoms with Gasteiger partial charge in [-0.2, -0.15) is 0 Å². The van der Waals surface area contributed by atoms with Crippen LogP contribution in [0.5, 0.6) is 5.75 Å². The van der Waals surface area contributed by atoms with Gasteiger partial charge in [-0.05, 0) is 40.2 Å². The smallest absolute Gasteiger partial charge is 0.262 e. The van der Waals surface area contributed by atoms with E-state index in [4.69, 9.17) is 0 Å². The highest BCUT2D eigenvalue weighted by molar-refractivity contribution is 9.10. The molecule has 4 nitrogen and oxygen atoms in total. The maximum atomic E-state index is 12.0. The molecule has 0 saturated heterocycles. The molecule has 0 amide bonds. The summed E-state index contributed by atoms with van der Waals surface area (Å²) in [5.41, 5.74) is 0.133. The second-order valence-corrected chi connectivity index (χ2v) is 6.09. The molecule has 6 heteroatoms. The number of rotatable bonds is 3. The minimum absolute atomic E-state index is 0.133. The molecule has 2 rings (SSSR count). The van der Waals surface area contributed by atoms with E-state index in [1.807, 2.05) is 0 Å². The molecular weight excluding hydrogens is 318 g/mol. The summed E-state index contributed by atoms with van der Waals surface area (Å²) in [4.78, 5) is 0.143. The lowest BCUT2D eigenvalue weighted by atomic mass is 10.3. The molecule has 0 aliphatic carbocycles. The Kier molecular flexibility index (Phi) is 3.58. The molecule has 2 aromatic carbocycles. The van der Waals surface area contributed by atoms with Crippen LogP contribution in [0.4, 0.5) is 5.69 Å². The Morgan fingerprint density at radius 2 is 1.67 bits per heavy atom. The molecule has 94 valence electrons. The summed E-state index contributed by atoms with van der Waals surface area (Å²) in [7, 11) is -3.68.